The molecule has 2 heterocycles. The van der Waals surface area contributed by atoms with Crippen LogP contribution in [-0.4, -0.2) is 21.4 Å². The normalized spacial score (nSPS) is 10.7. The second-order valence-electron chi connectivity index (χ2n) is 4.27. The first-order chi connectivity index (χ1) is 9.81. The number of nitrogens with two attached hydrogens (primary N) is 1. The lowest BCUT2D eigenvalue weighted by Gasteiger charge is -2.07. The molecule has 0 bridgehead atoms. The molecule has 0 aliphatic rings. The van der Waals surface area contributed by atoms with Gasteiger partial charge in [-0.2, -0.15) is 5.10 Å². The lowest BCUT2D eigenvalue weighted by atomic mass is 10.0. The molecule has 3 rings (SSSR count). The summed E-state index contributed by atoms with van der Waals surface area (Å²) in [5.74, 6) is 0.467. The van der Waals surface area contributed by atoms with Crippen LogP contribution in [-0.2, 0) is 0 Å². The molecule has 3 aromatic rings. The first-order valence-electron chi connectivity index (χ1n) is 6.20. The van der Waals surface area contributed by atoms with Crippen LogP contribution in [0.2, 0.25) is 0 Å². The van der Waals surface area contributed by atoms with Crippen LogP contribution in [0.5, 0.6) is 0 Å². The van der Waals surface area contributed by atoms with Gasteiger partial charge in [0.2, 0.25) is 0 Å². The van der Waals surface area contributed by atoms with Crippen molar-refractivity contribution in [3.63, 3.8) is 0 Å². The number of hydrogen-bond acceptors (Lipinski definition) is 4. The Morgan fingerprint density at radius 1 is 1.10 bits per heavy atom. The molecule has 0 amide bonds. The highest BCUT2D eigenvalue weighted by Gasteiger charge is 2.17. The van der Waals surface area contributed by atoms with E-state index in [1.54, 1.807) is 18.0 Å². The molecular weight excluding hydrogens is 268 g/mol. The van der Waals surface area contributed by atoms with Crippen LogP contribution >= 0.6 is 11.8 Å². The van der Waals surface area contributed by atoms with Crippen LogP contribution in [0.15, 0.2) is 53.6 Å². The molecule has 0 aliphatic carbocycles. The number of thioether (sulfide) groups is 1. The van der Waals surface area contributed by atoms with Crippen molar-refractivity contribution in [1.82, 2.24) is 15.2 Å². The largest absolute Gasteiger partial charge is 0.382 e. The van der Waals surface area contributed by atoms with Gasteiger partial charge < -0.3 is 5.73 Å². The number of nitrogens with one attached hydrogen (secondary N) is 1. The fourth-order valence-corrected chi connectivity index (χ4v) is 2.78. The van der Waals surface area contributed by atoms with E-state index in [4.69, 9.17) is 5.73 Å². The fraction of sp³-hybridized carbons (Fsp3) is 0.0667. The van der Waals surface area contributed by atoms with Crippen LogP contribution in [0.1, 0.15) is 0 Å². The van der Waals surface area contributed by atoms with E-state index in [1.807, 2.05) is 30.3 Å². The molecule has 2 aromatic heterocycles. The molecule has 0 unspecified atom stereocenters. The summed E-state index contributed by atoms with van der Waals surface area (Å²) in [6.07, 6.45) is 3.81. The summed E-state index contributed by atoms with van der Waals surface area (Å²) < 4.78 is 0. The summed E-state index contributed by atoms with van der Waals surface area (Å²) in [7, 11) is 0. The minimum Gasteiger partial charge on any atom is -0.382 e. The van der Waals surface area contributed by atoms with Crippen LogP contribution in [0.4, 0.5) is 5.82 Å². The van der Waals surface area contributed by atoms with Crippen molar-refractivity contribution in [2.45, 2.75) is 4.90 Å². The van der Waals surface area contributed by atoms with E-state index >= 15 is 0 Å². The number of nitrogens with zero attached hydrogens (tertiary/aromatic N) is 2. The van der Waals surface area contributed by atoms with Crippen LogP contribution < -0.4 is 5.73 Å². The average Bonchev–Trinajstić information content (AvgIpc) is 2.89. The number of H-pyrrole nitrogens is 1. The number of aromatic nitrogens is 3. The lowest BCUT2D eigenvalue weighted by molar-refractivity contribution is 1.10. The highest BCUT2D eigenvalue weighted by molar-refractivity contribution is 7.98. The maximum atomic E-state index is 6.01. The van der Waals surface area contributed by atoms with E-state index in [0.717, 1.165) is 22.5 Å². The summed E-state index contributed by atoms with van der Waals surface area (Å²) in [6.45, 7) is 0. The predicted molar refractivity (Wildman–Crippen MR) is 83.4 cm³/mol. The van der Waals surface area contributed by atoms with Crippen molar-refractivity contribution in [3.8, 4) is 22.5 Å². The summed E-state index contributed by atoms with van der Waals surface area (Å²) in [4.78, 5) is 5.55. The summed E-state index contributed by atoms with van der Waals surface area (Å²) in [5.41, 5.74) is 9.69. The first kappa shape index (κ1) is 12.7. The number of benzene rings is 1. The Balaban J connectivity index is 2.22. The van der Waals surface area contributed by atoms with E-state index in [1.165, 1.54) is 4.90 Å². The molecule has 20 heavy (non-hydrogen) atoms. The van der Waals surface area contributed by atoms with Gasteiger partial charge in [0.15, 0.2) is 5.82 Å². The van der Waals surface area contributed by atoms with E-state index in [2.05, 4.69) is 33.6 Å². The second-order valence-corrected chi connectivity index (χ2v) is 5.12. The standard InChI is InChI=1S/C15H14N4S/c1-20-12-8-3-2-6-10(12)14-13(15(16)19-18-14)11-7-4-5-9-17-11/h2-9H,1H3,(H3,16,18,19). The van der Waals surface area contributed by atoms with Gasteiger partial charge in [-0.05, 0) is 24.5 Å². The van der Waals surface area contributed by atoms with Gasteiger partial charge in [0.1, 0.15) is 0 Å². The van der Waals surface area contributed by atoms with Crippen molar-refractivity contribution in [2.75, 3.05) is 12.0 Å². The predicted octanol–water partition coefficient (Wildman–Crippen LogP) is 3.44. The zero-order valence-corrected chi connectivity index (χ0v) is 11.8. The molecule has 5 heteroatoms. The number of hydrogen-bond donors (Lipinski definition) is 2. The molecule has 0 saturated carbocycles. The van der Waals surface area contributed by atoms with Crippen molar-refractivity contribution < 1.29 is 0 Å². The Labute approximate surface area is 121 Å². The Morgan fingerprint density at radius 3 is 2.65 bits per heavy atom. The Hall–Kier alpha value is -2.27. The van der Waals surface area contributed by atoms with Crippen molar-refractivity contribution >= 4 is 17.6 Å². The molecule has 0 fully saturated rings. The number of rotatable bonds is 3. The lowest BCUT2D eigenvalue weighted by Crippen LogP contribution is -1.91. The molecule has 1 aromatic carbocycles. The Bertz CT molecular complexity index is 722. The van der Waals surface area contributed by atoms with Gasteiger partial charge in [-0.15, -0.1) is 11.8 Å². The Morgan fingerprint density at radius 2 is 1.90 bits per heavy atom. The minimum atomic E-state index is 0.467. The van der Waals surface area contributed by atoms with E-state index in [-0.39, 0.29) is 0 Å². The van der Waals surface area contributed by atoms with Crippen LogP contribution in [0.3, 0.4) is 0 Å². The van der Waals surface area contributed by atoms with E-state index in [9.17, 15) is 0 Å². The molecule has 0 spiro atoms. The van der Waals surface area contributed by atoms with Crippen molar-refractivity contribution in [2.24, 2.45) is 0 Å². The highest BCUT2D eigenvalue weighted by atomic mass is 32.2. The first-order valence-corrected chi connectivity index (χ1v) is 7.42. The number of pyridine rings is 1. The number of anilines is 1. The molecule has 100 valence electrons. The maximum absolute atomic E-state index is 6.01. The number of nitrogen functional groups attached to an aromatic ring is 1. The summed E-state index contributed by atoms with van der Waals surface area (Å²) in [5, 5.41) is 7.18. The SMILES string of the molecule is CSc1ccccc1-c1[nH]nc(N)c1-c1ccccn1. The summed E-state index contributed by atoms with van der Waals surface area (Å²) in [6, 6.07) is 13.9. The van der Waals surface area contributed by atoms with Gasteiger partial charge in [0, 0.05) is 16.7 Å². The zero-order chi connectivity index (χ0) is 13.9. The van der Waals surface area contributed by atoms with Gasteiger partial charge in [-0.25, -0.2) is 0 Å². The van der Waals surface area contributed by atoms with Crippen LogP contribution in [0.25, 0.3) is 22.5 Å². The maximum Gasteiger partial charge on any atom is 0.155 e. The van der Waals surface area contributed by atoms with E-state index in [0.29, 0.717) is 5.82 Å². The van der Waals surface area contributed by atoms with Gasteiger partial charge in [0.25, 0.3) is 0 Å². The van der Waals surface area contributed by atoms with Gasteiger partial charge >= 0.3 is 0 Å². The quantitative estimate of drug-likeness (QED) is 0.722. The van der Waals surface area contributed by atoms with Gasteiger partial charge in [-0.1, -0.05) is 24.3 Å². The van der Waals surface area contributed by atoms with Gasteiger partial charge in [0.05, 0.1) is 17.0 Å². The molecule has 4 nitrogen and oxygen atoms in total. The van der Waals surface area contributed by atoms with Crippen LogP contribution in [0, 0.1) is 0 Å². The average molecular weight is 282 g/mol. The molecule has 0 atom stereocenters. The molecule has 0 radical (unpaired) electrons. The third kappa shape index (κ3) is 2.16. The third-order valence-corrected chi connectivity index (χ3v) is 3.89. The van der Waals surface area contributed by atoms with E-state index < -0.39 is 0 Å². The monoisotopic (exact) mass is 282 g/mol. The Kier molecular flexibility index (Phi) is 3.43. The smallest absolute Gasteiger partial charge is 0.155 e. The zero-order valence-electron chi connectivity index (χ0n) is 11.0. The topological polar surface area (TPSA) is 67.6 Å². The van der Waals surface area contributed by atoms with Gasteiger partial charge in [-0.3, -0.25) is 10.1 Å². The van der Waals surface area contributed by atoms with Crippen molar-refractivity contribution in [1.29, 1.82) is 0 Å². The van der Waals surface area contributed by atoms with Crippen molar-refractivity contribution in [3.05, 3.63) is 48.7 Å². The second kappa shape index (κ2) is 5.38. The molecule has 0 aliphatic heterocycles. The molecule has 0 saturated heterocycles. The fourth-order valence-electron chi connectivity index (χ4n) is 2.17. The minimum absolute atomic E-state index is 0.467. The third-order valence-electron chi connectivity index (χ3n) is 3.09. The summed E-state index contributed by atoms with van der Waals surface area (Å²) >= 11 is 1.69. The number of aromatic amines is 1. The molecular formula is C15H14N4S. The molecule has 3 N–H and O–H groups in total. The highest BCUT2D eigenvalue weighted by Crippen LogP contribution is 2.37.